The van der Waals surface area contributed by atoms with Crippen molar-refractivity contribution >= 4 is 40.8 Å². The van der Waals surface area contributed by atoms with E-state index in [1.54, 1.807) is 6.92 Å². The highest BCUT2D eigenvalue weighted by atomic mass is 19.1. The summed E-state index contributed by atoms with van der Waals surface area (Å²) in [6.07, 6.45) is 0. The molecule has 11 nitrogen and oxygen atoms in total. The third-order valence-electron chi connectivity index (χ3n) is 5.24. The van der Waals surface area contributed by atoms with Crippen LogP contribution < -0.4 is 14.5 Å². The van der Waals surface area contributed by atoms with Crippen LogP contribution in [0.2, 0.25) is 0 Å². The second-order valence-corrected chi connectivity index (χ2v) is 7.18. The topological polar surface area (TPSA) is 136 Å². The van der Waals surface area contributed by atoms with Gasteiger partial charge in [-0.05, 0) is 26.0 Å². The number of nitro benzene ring substituents is 1. The Morgan fingerprint density at radius 3 is 2.55 bits per heavy atom. The van der Waals surface area contributed by atoms with E-state index >= 15 is 0 Å². The van der Waals surface area contributed by atoms with Crippen LogP contribution in [-0.4, -0.2) is 47.9 Å². The van der Waals surface area contributed by atoms with E-state index in [9.17, 15) is 33.7 Å². The van der Waals surface area contributed by atoms with E-state index in [-0.39, 0.29) is 29.2 Å². The molecule has 0 radical (unpaired) electrons. The first-order valence-electron chi connectivity index (χ1n) is 9.78. The average Bonchev–Trinajstić information content (AvgIpc) is 3.03. The Labute approximate surface area is 185 Å². The molecule has 0 aliphatic carbocycles. The number of rotatable bonds is 5. The highest BCUT2D eigenvalue weighted by Gasteiger charge is 2.41. The van der Waals surface area contributed by atoms with Crippen LogP contribution >= 0.6 is 0 Å². The van der Waals surface area contributed by atoms with Gasteiger partial charge in [0, 0.05) is 18.2 Å². The van der Waals surface area contributed by atoms with Gasteiger partial charge in [-0.25, -0.2) is 14.1 Å². The van der Waals surface area contributed by atoms with Crippen LogP contribution in [0.3, 0.4) is 0 Å². The van der Waals surface area contributed by atoms with Gasteiger partial charge in [0.1, 0.15) is 11.8 Å². The van der Waals surface area contributed by atoms with Gasteiger partial charge in [-0.1, -0.05) is 0 Å². The van der Waals surface area contributed by atoms with Crippen molar-refractivity contribution in [3.8, 4) is 5.75 Å². The standard InChI is InChI=1S/C21H16FN3O8/c1-3-32-21(29)10(2)23-16-8-15(14(22)7-17(16)33-9-18(23)26)24-19(27)12-5-4-11(25(30)31)6-13(12)20(24)28/h4-8,10H,3,9H2,1-2H3. The SMILES string of the molecule is CCOC(=O)C(C)N1C(=O)COc2cc(F)c(N3C(=O)c4ccc([N+](=O)[O-])cc4C3=O)cc21. The number of amides is 3. The Hall–Kier alpha value is -4.35. The quantitative estimate of drug-likeness (QED) is 0.289. The van der Waals surface area contributed by atoms with E-state index in [1.807, 2.05) is 0 Å². The van der Waals surface area contributed by atoms with Crippen molar-refractivity contribution in [2.45, 2.75) is 19.9 Å². The summed E-state index contributed by atoms with van der Waals surface area (Å²) in [5.41, 5.74) is -1.33. The van der Waals surface area contributed by atoms with Crippen molar-refractivity contribution in [3.05, 3.63) is 57.4 Å². The molecule has 1 atom stereocenters. The van der Waals surface area contributed by atoms with Gasteiger partial charge in [0.15, 0.2) is 12.4 Å². The maximum atomic E-state index is 15.0. The lowest BCUT2D eigenvalue weighted by Gasteiger charge is -2.33. The summed E-state index contributed by atoms with van der Waals surface area (Å²) in [7, 11) is 0. The van der Waals surface area contributed by atoms with E-state index in [4.69, 9.17) is 9.47 Å². The second kappa shape index (κ2) is 7.97. The van der Waals surface area contributed by atoms with Crippen molar-refractivity contribution < 1.29 is 38.0 Å². The van der Waals surface area contributed by atoms with Crippen LogP contribution in [-0.2, 0) is 14.3 Å². The van der Waals surface area contributed by atoms with Crippen LogP contribution in [0, 0.1) is 15.9 Å². The number of carbonyl (C=O) groups is 4. The monoisotopic (exact) mass is 457 g/mol. The van der Waals surface area contributed by atoms with E-state index in [1.165, 1.54) is 6.92 Å². The molecule has 2 aromatic rings. The molecular formula is C21H16FN3O8. The van der Waals surface area contributed by atoms with Crippen molar-refractivity contribution in [2.24, 2.45) is 0 Å². The van der Waals surface area contributed by atoms with Crippen LogP contribution in [0.4, 0.5) is 21.5 Å². The number of hydrogen-bond acceptors (Lipinski definition) is 8. The first-order valence-corrected chi connectivity index (χ1v) is 9.78. The van der Waals surface area contributed by atoms with Crippen LogP contribution in [0.15, 0.2) is 30.3 Å². The highest BCUT2D eigenvalue weighted by molar-refractivity contribution is 6.34. The largest absolute Gasteiger partial charge is 0.481 e. The molecule has 12 heteroatoms. The van der Waals surface area contributed by atoms with E-state index in [2.05, 4.69) is 0 Å². The average molecular weight is 457 g/mol. The number of imide groups is 1. The smallest absolute Gasteiger partial charge is 0.328 e. The normalized spacial score (nSPS) is 15.7. The zero-order chi connectivity index (χ0) is 24.0. The van der Waals surface area contributed by atoms with Crippen molar-refractivity contribution in [1.29, 1.82) is 0 Å². The lowest BCUT2D eigenvalue weighted by Crippen LogP contribution is -2.48. The summed E-state index contributed by atoms with van der Waals surface area (Å²) in [4.78, 5) is 62.4. The van der Waals surface area contributed by atoms with Gasteiger partial charge in [0.05, 0.1) is 34.0 Å². The van der Waals surface area contributed by atoms with Crippen LogP contribution in [0.1, 0.15) is 34.6 Å². The van der Waals surface area contributed by atoms with Gasteiger partial charge in [-0.2, -0.15) is 0 Å². The molecule has 0 fully saturated rings. The third-order valence-corrected chi connectivity index (χ3v) is 5.24. The second-order valence-electron chi connectivity index (χ2n) is 7.18. The molecule has 0 bridgehead atoms. The lowest BCUT2D eigenvalue weighted by molar-refractivity contribution is -0.384. The lowest BCUT2D eigenvalue weighted by atomic mass is 10.1. The predicted molar refractivity (Wildman–Crippen MR) is 110 cm³/mol. The van der Waals surface area contributed by atoms with E-state index in [0.29, 0.717) is 4.90 Å². The van der Waals surface area contributed by atoms with E-state index in [0.717, 1.165) is 35.2 Å². The first-order chi connectivity index (χ1) is 15.6. The Balaban J connectivity index is 1.80. The summed E-state index contributed by atoms with van der Waals surface area (Å²) in [6, 6.07) is 3.97. The summed E-state index contributed by atoms with van der Waals surface area (Å²) < 4.78 is 25.2. The molecule has 0 saturated carbocycles. The molecule has 2 aliphatic heterocycles. The van der Waals surface area contributed by atoms with Gasteiger partial charge in [-0.3, -0.25) is 29.4 Å². The Kier molecular flexibility index (Phi) is 5.28. The summed E-state index contributed by atoms with van der Waals surface area (Å²) in [6.45, 7) is 2.63. The van der Waals surface area contributed by atoms with Crippen molar-refractivity contribution in [1.82, 2.24) is 0 Å². The van der Waals surface area contributed by atoms with Crippen LogP contribution in [0.25, 0.3) is 0 Å². The molecule has 4 rings (SSSR count). The fraction of sp³-hybridized carbons (Fsp3) is 0.238. The van der Waals surface area contributed by atoms with E-state index < -0.39 is 58.5 Å². The number of fused-ring (bicyclic) bond motifs is 2. The maximum absolute atomic E-state index is 15.0. The van der Waals surface area contributed by atoms with Gasteiger partial charge in [0.2, 0.25) is 0 Å². The molecular weight excluding hydrogens is 441 g/mol. The van der Waals surface area contributed by atoms with Crippen LogP contribution in [0.5, 0.6) is 5.75 Å². The number of benzene rings is 2. The number of nitrogens with zero attached hydrogens (tertiary/aromatic N) is 3. The van der Waals surface area contributed by atoms with Gasteiger partial charge in [0.25, 0.3) is 23.4 Å². The minimum absolute atomic E-state index is 0.0364. The van der Waals surface area contributed by atoms with Crippen molar-refractivity contribution in [2.75, 3.05) is 23.0 Å². The number of carbonyl (C=O) groups excluding carboxylic acids is 4. The number of ether oxygens (including phenoxy) is 2. The molecule has 33 heavy (non-hydrogen) atoms. The zero-order valence-electron chi connectivity index (χ0n) is 17.4. The molecule has 3 amide bonds. The third kappa shape index (κ3) is 3.45. The minimum atomic E-state index is -1.09. The fourth-order valence-corrected chi connectivity index (χ4v) is 3.71. The number of esters is 1. The van der Waals surface area contributed by atoms with Gasteiger partial charge >= 0.3 is 5.97 Å². The molecule has 2 heterocycles. The molecule has 2 aromatic carbocycles. The molecule has 0 aromatic heterocycles. The number of non-ortho nitro benzene ring substituents is 1. The number of halogens is 1. The minimum Gasteiger partial charge on any atom is -0.481 e. The number of nitro groups is 1. The molecule has 1 unspecified atom stereocenters. The molecule has 170 valence electrons. The molecule has 0 spiro atoms. The fourth-order valence-electron chi connectivity index (χ4n) is 3.71. The number of anilines is 2. The maximum Gasteiger partial charge on any atom is 0.328 e. The summed E-state index contributed by atoms with van der Waals surface area (Å²) in [5.74, 6) is -4.26. The summed E-state index contributed by atoms with van der Waals surface area (Å²) in [5, 5.41) is 11.0. The van der Waals surface area contributed by atoms with Crippen molar-refractivity contribution in [3.63, 3.8) is 0 Å². The molecule has 2 aliphatic rings. The molecule has 0 saturated heterocycles. The van der Waals surface area contributed by atoms with Gasteiger partial charge in [-0.15, -0.1) is 0 Å². The zero-order valence-corrected chi connectivity index (χ0v) is 17.4. The predicted octanol–water partition coefficient (Wildman–Crippen LogP) is 2.21. The number of hydrogen-bond donors (Lipinski definition) is 0. The molecule has 0 N–H and O–H groups in total. The van der Waals surface area contributed by atoms with Gasteiger partial charge < -0.3 is 9.47 Å². The highest BCUT2D eigenvalue weighted by Crippen LogP contribution is 2.41. The Bertz CT molecular complexity index is 1240. The Morgan fingerprint density at radius 1 is 1.18 bits per heavy atom. The first kappa shape index (κ1) is 21.9. The Morgan fingerprint density at radius 2 is 1.88 bits per heavy atom. The summed E-state index contributed by atoms with van der Waals surface area (Å²) >= 11 is 0.